The molecular weight excluding hydrogens is 294 g/mol. The molecule has 1 aliphatic rings. The summed E-state index contributed by atoms with van der Waals surface area (Å²) in [5.74, 6) is 3.57. The van der Waals surface area contributed by atoms with E-state index in [0.717, 1.165) is 16.9 Å². The third-order valence-corrected chi connectivity index (χ3v) is 4.94. The van der Waals surface area contributed by atoms with Gasteiger partial charge in [0.15, 0.2) is 0 Å². The Labute approximate surface area is 117 Å². The van der Waals surface area contributed by atoms with Crippen molar-refractivity contribution in [1.29, 1.82) is 0 Å². The highest BCUT2D eigenvalue weighted by molar-refractivity contribution is 9.10. The van der Waals surface area contributed by atoms with Gasteiger partial charge in [0.2, 0.25) is 0 Å². The third-order valence-electron chi connectivity index (χ3n) is 3.40. The number of hydrogen-bond acceptors (Lipinski definition) is 2. The zero-order valence-corrected chi connectivity index (χ0v) is 12.7. The number of hydrogen-bond donors (Lipinski definition) is 1. The van der Waals surface area contributed by atoms with Crippen LogP contribution in [0.25, 0.3) is 0 Å². The van der Waals surface area contributed by atoms with E-state index in [-0.39, 0.29) is 0 Å². The quantitative estimate of drug-likeness (QED) is 0.892. The molecule has 1 unspecified atom stereocenters. The molecule has 2 rings (SSSR count). The van der Waals surface area contributed by atoms with Gasteiger partial charge in [0.25, 0.3) is 0 Å². The fraction of sp³-hybridized carbons (Fsp3) is 0.571. The first kappa shape index (κ1) is 13.4. The Morgan fingerprint density at radius 1 is 1.41 bits per heavy atom. The first-order valence-electron chi connectivity index (χ1n) is 6.32. The number of rotatable bonds is 4. The predicted octanol–water partition coefficient (Wildman–Crippen LogP) is 4.24. The van der Waals surface area contributed by atoms with E-state index in [1.165, 1.54) is 29.9 Å². The van der Waals surface area contributed by atoms with Gasteiger partial charge in [0.1, 0.15) is 0 Å². The zero-order chi connectivity index (χ0) is 12.1. The molecule has 0 aromatic heterocycles. The summed E-state index contributed by atoms with van der Waals surface area (Å²) in [4.78, 5) is 0. The number of halogens is 1. The van der Waals surface area contributed by atoms with Gasteiger partial charge in [0.05, 0.1) is 0 Å². The van der Waals surface area contributed by atoms with Crippen LogP contribution in [-0.4, -0.2) is 18.1 Å². The van der Waals surface area contributed by atoms with Crippen LogP contribution in [0.1, 0.15) is 31.4 Å². The molecule has 1 atom stereocenters. The molecule has 0 radical (unpaired) electrons. The molecule has 1 nitrogen and oxygen atoms in total. The smallest absolute Gasteiger partial charge is 0.0292 e. The Balaban J connectivity index is 1.82. The largest absolute Gasteiger partial charge is 0.310 e. The minimum Gasteiger partial charge on any atom is -0.310 e. The molecule has 17 heavy (non-hydrogen) atoms. The van der Waals surface area contributed by atoms with Gasteiger partial charge >= 0.3 is 0 Å². The predicted molar refractivity (Wildman–Crippen MR) is 80.6 cm³/mol. The van der Waals surface area contributed by atoms with E-state index in [1.54, 1.807) is 0 Å². The van der Waals surface area contributed by atoms with E-state index in [2.05, 4.69) is 64.2 Å². The van der Waals surface area contributed by atoms with Crippen molar-refractivity contribution >= 4 is 27.7 Å². The maximum absolute atomic E-state index is 3.67. The van der Waals surface area contributed by atoms with Crippen molar-refractivity contribution in [3.63, 3.8) is 0 Å². The van der Waals surface area contributed by atoms with Gasteiger partial charge in [-0.25, -0.2) is 0 Å². The summed E-state index contributed by atoms with van der Waals surface area (Å²) in [5, 5.41) is 3.67. The fourth-order valence-corrected chi connectivity index (χ4v) is 3.81. The van der Waals surface area contributed by atoms with Gasteiger partial charge in [-0.2, -0.15) is 11.8 Å². The molecule has 1 aromatic rings. The molecule has 1 aromatic carbocycles. The summed E-state index contributed by atoms with van der Waals surface area (Å²) in [5.41, 5.74) is 1.37. The average molecular weight is 314 g/mol. The van der Waals surface area contributed by atoms with Crippen LogP contribution in [0.3, 0.4) is 0 Å². The van der Waals surface area contributed by atoms with Crippen molar-refractivity contribution in [2.24, 2.45) is 5.92 Å². The van der Waals surface area contributed by atoms with Crippen molar-refractivity contribution in [2.75, 3.05) is 18.1 Å². The molecule has 0 amide bonds. The Morgan fingerprint density at radius 3 is 2.88 bits per heavy atom. The van der Waals surface area contributed by atoms with Gasteiger partial charge < -0.3 is 5.32 Å². The molecule has 1 heterocycles. The van der Waals surface area contributed by atoms with Crippen molar-refractivity contribution < 1.29 is 0 Å². The molecule has 1 aliphatic heterocycles. The Morgan fingerprint density at radius 2 is 2.18 bits per heavy atom. The van der Waals surface area contributed by atoms with Crippen molar-refractivity contribution in [2.45, 2.75) is 25.8 Å². The maximum Gasteiger partial charge on any atom is 0.0292 e. The van der Waals surface area contributed by atoms with E-state index in [0.29, 0.717) is 6.04 Å². The molecule has 1 fully saturated rings. The average Bonchev–Trinajstić information content (AvgIpc) is 2.37. The highest BCUT2D eigenvalue weighted by Crippen LogP contribution is 2.23. The second-order valence-corrected chi connectivity index (χ2v) is 6.88. The third kappa shape index (κ3) is 4.31. The highest BCUT2D eigenvalue weighted by atomic mass is 79.9. The monoisotopic (exact) mass is 313 g/mol. The van der Waals surface area contributed by atoms with E-state index < -0.39 is 0 Å². The van der Waals surface area contributed by atoms with Gasteiger partial charge in [0, 0.05) is 10.5 Å². The summed E-state index contributed by atoms with van der Waals surface area (Å²) < 4.78 is 1.16. The molecule has 0 aliphatic carbocycles. The van der Waals surface area contributed by atoms with E-state index in [4.69, 9.17) is 0 Å². The molecule has 1 saturated heterocycles. The van der Waals surface area contributed by atoms with E-state index in [9.17, 15) is 0 Å². The summed E-state index contributed by atoms with van der Waals surface area (Å²) in [6.07, 6.45) is 2.76. The van der Waals surface area contributed by atoms with Crippen LogP contribution in [-0.2, 0) is 0 Å². The van der Waals surface area contributed by atoms with Gasteiger partial charge in [-0.05, 0) is 61.4 Å². The summed E-state index contributed by atoms with van der Waals surface area (Å²) in [7, 11) is 0. The van der Waals surface area contributed by atoms with Crippen LogP contribution >= 0.6 is 27.7 Å². The molecular formula is C14H20BrNS. The van der Waals surface area contributed by atoms with E-state index in [1.807, 2.05) is 0 Å². The highest BCUT2D eigenvalue weighted by Gasteiger charge is 2.14. The van der Waals surface area contributed by atoms with Gasteiger partial charge in [-0.3, -0.25) is 0 Å². The van der Waals surface area contributed by atoms with Crippen LogP contribution in [0.2, 0.25) is 0 Å². The van der Waals surface area contributed by atoms with Crippen LogP contribution in [0.15, 0.2) is 28.7 Å². The molecule has 0 saturated carbocycles. The van der Waals surface area contributed by atoms with Crippen molar-refractivity contribution in [3.05, 3.63) is 34.3 Å². The normalized spacial score (nSPS) is 19.2. The second-order valence-electron chi connectivity index (χ2n) is 4.74. The first-order valence-corrected chi connectivity index (χ1v) is 8.27. The number of benzene rings is 1. The summed E-state index contributed by atoms with van der Waals surface area (Å²) in [6, 6.07) is 9.03. The second kappa shape index (κ2) is 6.81. The van der Waals surface area contributed by atoms with Crippen molar-refractivity contribution in [3.8, 4) is 0 Å². The molecule has 1 N–H and O–H groups in total. The lowest BCUT2D eigenvalue weighted by atomic mass is 10.0. The SMILES string of the molecule is CC(NCC1CCSCC1)c1cccc(Br)c1. The Kier molecular flexibility index (Phi) is 5.39. The van der Waals surface area contributed by atoms with Crippen LogP contribution in [0, 0.1) is 5.92 Å². The lowest BCUT2D eigenvalue weighted by Gasteiger charge is -2.24. The fourth-order valence-electron chi connectivity index (χ4n) is 2.19. The number of thioether (sulfide) groups is 1. The standard InChI is InChI=1S/C14H20BrNS/c1-11(13-3-2-4-14(15)9-13)16-10-12-5-7-17-8-6-12/h2-4,9,11-12,16H,5-8,10H2,1H3. The molecule has 0 bridgehead atoms. The number of nitrogens with one attached hydrogen (secondary N) is 1. The Bertz CT molecular complexity index is 350. The lowest BCUT2D eigenvalue weighted by molar-refractivity contribution is 0.421. The minimum atomic E-state index is 0.446. The van der Waals surface area contributed by atoms with Crippen LogP contribution < -0.4 is 5.32 Å². The topological polar surface area (TPSA) is 12.0 Å². The van der Waals surface area contributed by atoms with Gasteiger partial charge in [-0.1, -0.05) is 28.1 Å². The summed E-state index contributed by atoms with van der Waals surface area (Å²) in [6.45, 7) is 3.41. The van der Waals surface area contributed by atoms with Gasteiger partial charge in [-0.15, -0.1) is 0 Å². The zero-order valence-electron chi connectivity index (χ0n) is 10.3. The lowest BCUT2D eigenvalue weighted by Crippen LogP contribution is -2.28. The maximum atomic E-state index is 3.67. The summed E-state index contributed by atoms with van der Waals surface area (Å²) >= 11 is 5.62. The minimum absolute atomic E-state index is 0.446. The molecule has 94 valence electrons. The molecule has 3 heteroatoms. The molecule has 0 spiro atoms. The van der Waals surface area contributed by atoms with Crippen LogP contribution in [0.4, 0.5) is 0 Å². The Hall–Kier alpha value is 0.01000. The van der Waals surface area contributed by atoms with Crippen molar-refractivity contribution in [1.82, 2.24) is 5.32 Å². The van der Waals surface area contributed by atoms with E-state index >= 15 is 0 Å². The van der Waals surface area contributed by atoms with Crippen LogP contribution in [0.5, 0.6) is 0 Å². The first-order chi connectivity index (χ1) is 8.25.